The molecular weight excluding hydrogens is 216 g/mol. The Morgan fingerprint density at radius 1 is 1.29 bits per heavy atom. The van der Waals surface area contributed by atoms with Crippen LogP contribution in [0.25, 0.3) is 0 Å². The zero-order chi connectivity index (χ0) is 12.8. The maximum atomic E-state index is 10.3. The summed E-state index contributed by atoms with van der Waals surface area (Å²) in [7, 11) is 3.30. The lowest BCUT2D eigenvalue weighted by atomic mass is 9.93. The molecule has 1 rings (SSSR count). The zero-order valence-corrected chi connectivity index (χ0v) is 11.1. The van der Waals surface area contributed by atoms with Gasteiger partial charge in [0.2, 0.25) is 0 Å². The van der Waals surface area contributed by atoms with Gasteiger partial charge in [-0.25, -0.2) is 0 Å². The van der Waals surface area contributed by atoms with Crippen LogP contribution in [0.1, 0.15) is 30.6 Å². The molecule has 0 aliphatic heterocycles. The molecule has 2 unspecified atom stereocenters. The van der Waals surface area contributed by atoms with Crippen molar-refractivity contribution >= 4 is 0 Å². The molecule has 96 valence electrons. The molecule has 0 amide bonds. The molecule has 17 heavy (non-hydrogen) atoms. The van der Waals surface area contributed by atoms with Crippen LogP contribution < -0.4 is 4.74 Å². The summed E-state index contributed by atoms with van der Waals surface area (Å²) in [4.78, 5) is 0. The Bertz CT molecular complexity index is 349. The Labute approximate surface area is 103 Å². The van der Waals surface area contributed by atoms with Crippen molar-refractivity contribution in [3.05, 3.63) is 29.3 Å². The number of hydrogen-bond donors (Lipinski definition) is 1. The second-order valence-electron chi connectivity index (χ2n) is 4.45. The summed E-state index contributed by atoms with van der Waals surface area (Å²) >= 11 is 0. The summed E-state index contributed by atoms with van der Waals surface area (Å²) < 4.78 is 10.3. The highest BCUT2D eigenvalue weighted by molar-refractivity contribution is 5.38. The van der Waals surface area contributed by atoms with Crippen LogP contribution in [-0.4, -0.2) is 25.9 Å². The minimum atomic E-state index is -0.514. The molecule has 0 aliphatic carbocycles. The quantitative estimate of drug-likeness (QED) is 0.828. The second kappa shape index (κ2) is 6.62. The normalized spacial score (nSPS) is 14.4. The third-order valence-electron chi connectivity index (χ3n) is 3.02. The van der Waals surface area contributed by atoms with Gasteiger partial charge in [0.15, 0.2) is 0 Å². The lowest BCUT2D eigenvalue weighted by Crippen LogP contribution is -2.12. The fourth-order valence-corrected chi connectivity index (χ4v) is 1.85. The molecule has 0 saturated carbocycles. The molecule has 0 radical (unpaired) electrons. The van der Waals surface area contributed by atoms with Gasteiger partial charge in [0.05, 0.1) is 13.2 Å². The summed E-state index contributed by atoms with van der Waals surface area (Å²) in [6.45, 7) is 4.69. The Hall–Kier alpha value is -1.06. The summed E-state index contributed by atoms with van der Waals surface area (Å²) in [5.74, 6) is 0.887. The van der Waals surface area contributed by atoms with Gasteiger partial charge >= 0.3 is 0 Å². The summed E-state index contributed by atoms with van der Waals surface area (Å²) in [6, 6.07) is 5.86. The van der Waals surface area contributed by atoms with Gasteiger partial charge < -0.3 is 14.6 Å². The van der Waals surface area contributed by atoms with Crippen LogP contribution in [0.4, 0.5) is 0 Å². The molecule has 3 heteroatoms. The van der Waals surface area contributed by atoms with E-state index in [0.717, 1.165) is 23.3 Å². The number of methoxy groups -OCH3 is 2. The van der Waals surface area contributed by atoms with Crippen molar-refractivity contribution in [1.82, 2.24) is 0 Å². The van der Waals surface area contributed by atoms with Gasteiger partial charge in [-0.3, -0.25) is 0 Å². The van der Waals surface area contributed by atoms with E-state index in [1.807, 2.05) is 32.0 Å². The first kappa shape index (κ1) is 14.0. The molecular formula is C14H22O3. The van der Waals surface area contributed by atoms with Crippen molar-refractivity contribution in [1.29, 1.82) is 0 Å². The number of hydrogen-bond acceptors (Lipinski definition) is 3. The van der Waals surface area contributed by atoms with Crippen LogP contribution in [0.5, 0.6) is 5.75 Å². The average Bonchev–Trinajstić information content (AvgIpc) is 2.34. The van der Waals surface area contributed by atoms with E-state index in [4.69, 9.17) is 9.47 Å². The molecule has 1 N–H and O–H groups in total. The number of aliphatic hydroxyl groups is 1. The van der Waals surface area contributed by atoms with Gasteiger partial charge in [0.25, 0.3) is 0 Å². The molecule has 3 nitrogen and oxygen atoms in total. The molecule has 0 spiro atoms. The average molecular weight is 238 g/mol. The Morgan fingerprint density at radius 3 is 2.59 bits per heavy atom. The first-order valence-corrected chi connectivity index (χ1v) is 5.91. The standard InChI is InChI=1S/C14H22O3/c1-10-5-6-13(17-4)12(9-10)14(15)11(2)7-8-16-3/h5-6,9,11,14-15H,7-8H2,1-4H3. The minimum Gasteiger partial charge on any atom is -0.496 e. The number of benzene rings is 1. The van der Waals surface area contributed by atoms with E-state index in [2.05, 4.69) is 0 Å². The highest BCUT2D eigenvalue weighted by Crippen LogP contribution is 2.32. The predicted molar refractivity (Wildman–Crippen MR) is 68.3 cm³/mol. The molecule has 0 fully saturated rings. The SMILES string of the molecule is COCCC(C)C(O)c1cc(C)ccc1OC. The van der Waals surface area contributed by atoms with E-state index >= 15 is 0 Å². The van der Waals surface area contributed by atoms with Crippen LogP contribution in [0, 0.1) is 12.8 Å². The van der Waals surface area contributed by atoms with Gasteiger partial charge in [-0.1, -0.05) is 18.6 Å². The Kier molecular flexibility index (Phi) is 5.45. The van der Waals surface area contributed by atoms with E-state index in [0.29, 0.717) is 6.61 Å². The zero-order valence-electron chi connectivity index (χ0n) is 11.1. The second-order valence-corrected chi connectivity index (χ2v) is 4.45. The molecule has 0 heterocycles. The van der Waals surface area contributed by atoms with Crippen molar-refractivity contribution in [3.63, 3.8) is 0 Å². The third-order valence-corrected chi connectivity index (χ3v) is 3.02. The fourth-order valence-electron chi connectivity index (χ4n) is 1.85. The topological polar surface area (TPSA) is 38.7 Å². The monoisotopic (exact) mass is 238 g/mol. The molecule has 1 aromatic rings. The third kappa shape index (κ3) is 3.72. The van der Waals surface area contributed by atoms with E-state index in [9.17, 15) is 5.11 Å². The largest absolute Gasteiger partial charge is 0.496 e. The maximum absolute atomic E-state index is 10.3. The Morgan fingerprint density at radius 2 is 2.00 bits per heavy atom. The maximum Gasteiger partial charge on any atom is 0.124 e. The molecule has 1 aromatic carbocycles. The van der Waals surface area contributed by atoms with Crippen LogP contribution in [0.2, 0.25) is 0 Å². The fraction of sp³-hybridized carbons (Fsp3) is 0.571. The highest BCUT2D eigenvalue weighted by Gasteiger charge is 2.19. The summed E-state index contributed by atoms with van der Waals surface area (Å²) in [5, 5.41) is 10.3. The predicted octanol–water partition coefficient (Wildman–Crippen LogP) is 2.71. The smallest absolute Gasteiger partial charge is 0.124 e. The van der Waals surface area contributed by atoms with Crippen molar-refractivity contribution in [3.8, 4) is 5.75 Å². The first-order valence-electron chi connectivity index (χ1n) is 5.91. The van der Waals surface area contributed by atoms with Crippen LogP contribution >= 0.6 is 0 Å². The highest BCUT2D eigenvalue weighted by atomic mass is 16.5. The lowest BCUT2D eigenvalue weighted by molar-refractivity contribution is 0.0865. The molecule has 0 bridgehead atoms. The lowest BCUT2D eigenvalue weighted by Gasteiger charge is -2.21. The van der Waals surface area contributed by atoms with Gasteiger partial charge in [0.1, 0.15) is 5.75 Å². The summed E-state index contributed by atoms with van der Waals surface area (Å²) in [6.07, 6.45) is 0.314. The number of ether oxygens (including phenoxy) is 2. The van der Waals surface area contributed by atoms with Crippen LogP contribution in [0.15, 0.2) is 18.2 Å². The minimum absolute atomic E-state index is 0.144. The van der Waals surface area contributed by atoms with E-state index in [1.54, 1.807) is 14.2 Å². The van der Waals surface area contributed by atoms with Gasteiger partial charge in [-0.05, 0) is 31.4 Å². The van der Waals surface area contributed by atoms with Gasteiger partial charge in [0, 0.05) is 19.3 Å². The van der Waals surface area contributed by atoms with Crippen molar-refractivity contribution in [2.45, 2.75) is 26.4 Å². The Balaban J connectivity index is 2.86. The number of rotatable bonds is 6. The summed E-state index contributed by atoms with van der Waals surface area (Å²) in [5.41, 5.74) is 1.98. The molecule has 0 saturated heterocycles. The van der Waals surface area contributed by atoms with Gasteiger partial charge in [-0.15, -0.1) is 0 Å². The molecule has 0 aliphatic rings. The van der Waals surface area contributed by atoms with Gasteiger partial charge in [-0.2, -0.15) is 0 Å². The van der Waals surface area contributed by atoms with E-state index < -0.39 is 6.10 Å². The molecule has 0 aromatic heterocycles. The first-order chi connectivity index (χ1) is 8.10. The van der Waals surface area contributed by atoms with Crippen molar-refractivity contribution < 1.29 is 14.6 Å². The van der Waals surface area contributed by atoms with Crippen molar-refractivity contribution in [2.75, 3.05) is 20.8 Å². The van der Waals surface area contributed by atoms with E-state index in [-0.39, 0.29) is 5.92 Å². The van der Waals surface area contributed by atoms with E-state index in [1.165, 1.54) is 0 Å². The number of aryl methyl sites for hydroxylation is 1. The van der Waals surface area contributed by atoms with Crippen LogP contribution in [0.3, 0.4) is 0 Å². The number of aliphatic hydroxyl groups excluding tert-OH is 1. The molecule has 2 atom stereocenters. The van der Waals surface area contributed by atoms with Crippen molar-refractivity contribution in [2.24, 2.45) is 5.92 Å². The van der Waals surface area contributed by atoms with Crippen LogP contribution in [-0.2, 0) is 4.74 Å².